The Labute approximate surface area is 158 Å². The summed E-state index contributed by atoms with van der Waals surface area (Å²) >= 11 is 0. The van der Waals surface area contributed by atoms with E-state index in [2.05, 4.69) is 15.3 Å². The van der Waals surface area contributed by atoms with Crippen molar-refractivity contribution in [3.8, 4) is 11.6 Å². The molecule has 1 unspecified atom stereocenters. The summed E-state index contributed by atoms with van der Waals surface area (Å²) in [5, 5.41) is 3.27. The van der Waals surface area contributed by atoms with Gasteiger partial charge in [0, 0.05) is 23.7 Å². The second-order valence-electron chi connectivity index (χ2n) is 5.25. The van der Waals surface area contributed by atoms with Crippen LogP contribution in [0, 0.1) is 0 Å². The van der Waals surface area contributed by atoms with Crippen LogP contribution in [0.15, 0.2) is 47.6 Å². The third-order valence-corrected chi connectivity index (χ3v) is 3.74. The van der Waals surface area contributed by atoms with E-state index in [4.69, 9.17) is 15.2 Å². The van der Waals surface area contributed by atoms with E-state index in [0.29, 0.717) is 25.0 Å². The van der Waals surface area contributed by atoms with Gasteiger partial charge in [0.25, 0.3) is 0 Å². The maximum Gasteiger partial charge on any atom is 0.218 e. The minimum absolute atomic E-state index is 0. The van der Waals surface area contributed by atoms with Crippen molar-refractivity contribution in [2.75, 3.05) is 13.7 Å². The predicted octanol–water partition coefficient (Wildman–Crippen LogP) is 2.64. The van der Waals surface area contributed by atoms with E-state index < -0.39 is 0 Å². The lowest BCUT2D eigenvalue weighted by atomic mass is 10.0. The number of para-hydroxylation sites is 1. The number of methoxy groups -OCH3 is 1. The smallest absolute Gasteiger partial charge is 0.218 e. The number of rotatable bonds is 4. The molecular weight excluding hydrogens is 419 g/mol. The van der Waals surface area contributed by atoms with Gasteiger partial charge in [-0.05, 0) is 12.1 Å². The predicted molar refractivity (Wildman–Crippen MR) is 104 cm³/mol. The van der Waals surface area contributed by atoms with E-state index in [9.17, 15) is 0 Å². The molecule has 2 heterocycles. The number of hydrogen-bond donors (Lipinski definition) is 2. The highest BCUT2D eigenvalue weighted by Gasteiger charge is 2.21. The van der Waals surface area contributed by atoms with Crippen LogP contribution in [0.4, 0.5) is 0 Å². The lowest BCUT2D eigenvalue weighted by Crippen LogP contribution is -2.37. The molecule has 0 amide bonds. The molecule has 1 aliphatic rings. The maximum atomic E-state index is 6.04. The first-order chi connectivity index (χ1) is 11.3. The molecule has 0 bridgehead atoms. The number of hydrogen-bond acceptors (Lipinski definition) is 4. The van der Waals surface area contributed by atoms with Crippen molar-refractivity contribution >= 4 is 29.9 Å². The number of ether oxygens (including phenoxy) is 2. The summed E-state index contributed by atoms with van der Waals surface area (Å²) in [6, 6.07) is 11.9. The molecular formula is C17H21IN4O2. The number of guanidine groups is 1. The van der Waals surface area contributed by atoms with Gasteiger partial charge < -0.3 is 20.5 Å². The van der Waals surface area contributed by atoms with Gasteiger partial charge in [-0.3, -0.25) is 0 Å². The van der Waals surface area contributed by atoms with Crippen LogP contribution in [0.2, 0.25) is 0 Å². The average Bonchev–Trinajstić information content (AvgIpc) is 2.60. The monoisotopic (exact) mass is 440 g/mol. The third-order valence-electron chi connectivity index (χ3n) is 3.74. The Balaban J connectivity index is 0.00000208. The molecule has 1 atom stereocenters. The highest BCUT2D eigenvalue weighted by molar-refractivity contribution is 14.0. The standard InChI is InChI=1S/C17H20N4O2.HI/c1-22-16-12(5-4-9-19-16)11-20-17(18)21-14-8-10-23-15-7-3-2-6-13(14)15;/h2-7,9,14H,8,10-11H2,1H3,(H3,18,20,21);1H. The van der Waals surface area contributed by atoms with Gasteiger partial charge in [-0.1, -0.05) is 24.3 Å². The van der Waals surface area contributed by atoms with Crippen LogP contribution in [0.1, 0.15) is 23.6 Å². The molecule has 0 saturated carbocycles. The van der Waals surface area contributed by atoms with E-state index in [1.807, 2.05) is 36.4 Å². The first-order valence-electron chi connectivity index (χ1n) is 7.54. The minimum atomic E-state index is 0. The fourth-order valence-electron chi connectivity index (χ4n) is 2.61. The number of aromatic nitrogens is 1. The number of fused-ring (bicyclic) bond motifs is 1. The molecule has 0 radical (unpaired) electrons. The zero-order chi connectivity index (χ0) is 16.1. The molecule has 1 aromatic carbocycles. The van der Waals surface area contributed by atoms with Gasteiger partial charge in [0.2, 0.25) is 5.88 Å². The highest BCUT2D eigenvalue weighted by Crippen LogP contribution is 2.31. The summed E-state index contributed by atoms with van der Waals surface area (Å²) in [6.07, 6.45) is 2.54. The van der Waals surface area contributed by atoms with E-state index in [-0.39, 0.29) is 30.0 Å². The molecule has 3 rings (SSSR count). The normalized spacial score (nSPS) is 16.4. The summed E-state index contributed by atoms with van der Waals surface area (Å²) < 4.78 is 10.9. The zero-order valence-electron chi connectivity index (χ0n) is 13.4. The number of nitrogens with zero attached hydrogens (tertiary/aromatic N) is 2. The lowest BCUT2D eigenvalue weighted by Gasteiger charge is -2.26. The van der Waals surface area contributed by atoms with Crippen LogP contribution in [-0.4, -0.2) is 24.7 Å². The van der Waals surface area contributed by atoms with Crippen molar-refractivity contribution < 1.29 is 9.47 Å². The second kappa shape index (κ2) is 8.72. The van der Waals surface area contributed by atoms with Crippen molar-refractivity contribution in [3.05, 3.63) is 53.7 Å². The van der Waals surface area contributed by atoms with Gasteiger partial charge in [-0.2, -0.15) is 0 Å². The van der Waals surface area contributed by atoms with Crippen LogP contribution in [0.5, 0.6) is 11.6 Å². The van der Waals surface area contributed by atoms with Gasteiger partial charge in [0.05, 0.1) is 26.3 Å². The van der Waals surface area contributed by atoms with Crippen molar-refractivity contribution in [3.63, 3.8) is 0 Å². The van der Waals surface area contributed by atoms with Crippen LogP contribution < -0.4 is 20.5 Å². The molecule has 7 heteroatoms. The van der Waals surface area contributed by atoms with E-state index in [0.717, 1.165) is 23.3 Å². The number of pyridine rings is 1. The molecule has 0 aliphatic carbocycles. The lowest BCUT2D eigenvalue weighted by molar-refractivity contribution is 0.262. The maximum absolute atomic E-state index is 6.04. The Hall–Kier alpha value is -2.03. The number of nitrogens with one attached hydrogen (secondary N) is 1. The topological polar surface area (TPSA) is 81.8 Å². The van der Waals surface area contributed by atoms with Crippen molar-refractivity contribution in [2.24, 2.45) is 10.7 Å². The molecule has 24 heavy (non-hydrogen) atoms. The number of nitrogens with two attached hydrogens (primary N) is 1. The van der Waals surface area contributed by atoms with Gasteiger partial charge in [-0.15, -0.1) is 24.0 Å². The largest absolute Gasteiger partial charge is 0.493 e. The Morgan fingerprint density at radius 2 is 2.21 bits per heavy atom. The first-order valence-corrected chi connectivity index (χ1v) is 7.54. The van der Waals surface area contributed by atoms with Crippen molar-refractivity contribution in [2.45, 2.75) is 19.0 Å². The minimum Gasteiger partial charge on any atom is -0.493 e. The second-order valence-corrected chi connectivity index (χ2v) is 5.25. The van der Waals surface area contributed by atoms with Crippen LogP contribution in [0.3, 0.4) is 0 Å². The van der Waals surface area contributed by atoms with E-state index in [1.165, 1.54) is 0 Å². The van der Waals surface area contributed by atoms with Gasteiger partial charge in [0.15, 0.2) is 5.96 Å². The molecule has 2 aromatic rings. The molecule has 1 aromatic heterocycles. The van der Waals surface area contributed by atoms with Crippen LogP contribution in [-0.2, 0) is 6.54 Å². The molecule has 3 N–H and O–H groups in total. The van der Waals surface area contributed by atoms with Crippen molar-refractivity contribution in [1.82, 2.24) is 10.3 Å². The summed E-state index contributed by atoms with van der Waals surface area (Å²) in [7, 11) is 1.59. The number of halogens is 1. The Kier molecular flexibility index (Phi) is 6.65. The van der Waals surface area contributed by atoms with Gasteiger partial charge >= 0.3 is 0 Å². The third kappa shape index (κ3) is 4.28. The van der Waals surface area contributed by atoms with E-state index in [1.54, 1.807) is 13.3 Å². The molecule has 0 saturated heterocycles. The Morgan fingerprint density at radius 3 is 3.04 bits per heavy atom. The quantitative estimate of drug-likeness (QED) is 0.434. The molecule has 6 nitrogen and oxygen atoms in total. The summed E-state index contributed by atoms with van der Waals surface area (Å²) in [4.78, 5) is 8.54. The van der Waals surface area contributed by atoms with Crippen molar-refractivity contribution in [1.29, 1.82) is 0 Å². The summed E-state index contributed by atoms with van der Waals surface area (Å²) in [6.45, 7) is 1.08. The molecule has 0 spiro atoms. The number of benzene rings is 1. The molecule has 128 valence electrons. The molecule has 0 fully saturated rings. The summed E-state index contributed by atoms with van der Waals surface area (Å²) in [5.74, 6) is 1.87. The van der Waals surface area contributed by atoms with Gasteiger partial charge in [-0.25, -0.2) is 9.98 Å². The summed E-state index contributed by atoms with van der Waals surface area (Å²) in [5.41, 5.74) is 8.04. The highest BCUT2D eigenvalue weighted by atomic mass is 127. The fraction of sp³-hybridized carbons (Fsp3) is 0.294. The van der Waals surface area contributed by atoms with Crippen LogP contribution >= 0.6 is 24.0 Å². The zero-order valence-corrected chi connectivity index (χ0v) is 15.8. The number of aliphatic imine (C=N–C) groups is 1. The first kappa shape index (κ1) is 18.3. The SMILES string of the molecule is COc1ncccc1CN=C(N)NC1CCOc2ccccc21.I. The Bertz CT molecular complexity index is 708. The average molecular weight is 440 g/mol. The van der Waals surface area contributed by atoms with E-state index >= 15 is 0 Å². The fourth-order valence-corrected chi connectivity index (χ4v) is 2.61. The van der Waals surface area contributed by atoms with Crippen LogP contribution in [0.25, 0.3) is 0 Å². The van der Waals surface area contributed by atoms with Gasteiger partial charge in [0.1, 0.15) is 5.75 Å². The molecule has 1 aliphatic heterocycles. The Morgan fingerprint density at radius 1 is 1.38 bits per heavy atom.